The molecule has 0 aliphatic carbocycles. The average molecular weight is 395 g/mol. The van der Waals surface area contributed by atoms with Crippen molar-refractivity contribution in [3.63, 3.8) is 0 Å². The van der Waals surface area contributed by atoms with Gasteiger partial charge in [-0.2, -0.15) is 0 Å². The molecule has 0 fully saturated rings. The Morgan fingerprint density at radius 2 is 1.69 bits per heavy atom. The Kier molecular flexibility index (Phi) is 5.98. The first-order valence-electron chi connectivity index (χ1n) is 8.11. The average Bonchev–Trinajstić information content (AvgIpc) is 2.49. The molecule has 140 valence electrons. The zero-order chi connectivity index (χ0) is 19.6. The van der Waals surface area contributed by atoms with Gasteiger partial charge in [-0.15, -0.1) is 0 Å². The highest BCUT2D eigenvalue weighted by Crippen LogP contribution is 2.28. The summed E-state index contributed by atoms with van der Waals surface area (Å²) in [6.07, 6.45) is 1.10. The van der Waals surface area contributed by atoms with Gasteiger partial charge in [0.05, 0.1) is 11.9 Å². The van der Waals surface area contributed by atoms with Gasteiger partial charge in [0.25, 0.3) is 0 Å². The smallest absolute Gasteiger partial charge is 0.245 e. The second-order valence-corrected chi connectivity index (χ2v) is 8.79. The number of nitrogens with zero attached hydrogens (tertiary/aromatic N) is 1. The third-order valence-corrected chi connectivity index (χ3v) is 5.64. The van der Waals surface area contributed by atoms with Gasteiger partial charge in [-0.3, -0.25) is 9.10 Å². The fourth-order valence-corrected chi connectivity index (χ4v) is 4.14. The third kappa shape index (κ3) is 4.56. The number of benzene rings is 2. The molecule has 2 aromatic rings. The molecular weight excluding hydrogens is 372 g/mol. The Labute approximate surface area is 160 Å². The van der Waals surface area contributed by atoms with Crippen LogP contribution in [0.5, 0.6) is 0 Å². The molecule has 5 nitrogen and oxygen atoms in total. The summed E-state index contributed by atoms with van der Waals surface area (Å²) in [4.78, 5) is 12.5. The maximum Gasteiger partial charge on any atom is 0.245 e. The topological polar surface area (TPSA) is 66.5 Å². The lowest BCUT2D eigenvalue weighted by Crippen LogP contribution is -2.38. The summed E-state index contributed by atoms with van der Waals surface area (Å²) in [6, 6.07) is 8.99. The van der Waals surface area contributed by atoms with E-state index in [1.54, 1.807) is 25.1 Å². The predicted octanol–water partition coefficient (Wildman–Crippen LogP) is 3.98. The number of amides is 1. The van der Waals surface area contributed by atoms with Crippen molar-refractivity contribution >= 4 is 38.9 Å². The van der Waals surface area contributed by atoms with Crippen molar-refractivity contribution in [3.05, 3.63) is 57.6 Å². The zero-order valence-corrected chi connectivity index (χ0v) is 17.1. The molecule has 2 aromatic carbocycles. The Morgan fingerprint density at radius 1 is 1.12 bits per heavy atom. The van der Waals surface area contributed by atoms with Crippen LogP contribution in [0.3, 0.4) is 0 Å². The Hall–Kier alpha value is -2.05. The number of sulfonamides is 1. The van der Waals surface area contributed by atoms with E-state index >= 15 is 0 Å². The minimum absolute atomic E-state index is 0.310. The number of aryl methyl sites for hydroxylation is 3. The van der Waals surface area contributed by atoms with Crippen molar-refractivity contribution in [2.24, 2.45) is 0 Å². The van der Waals surface area contributed by atoms with Crippen LogP contribution in [0.2, 0.25) is 5.02 Å². The van der Waals surface area contributed by atoms with Gasteiger partial charge in [-0.1, -0.05) is 35.4 Å². The van der Waals surface area contributed by atoms with Gasteiger partial charge >= 0.3 is 0 Å². The second-order valence-electron chi connectivity index (χ2n) is 6.48. The van der Waals surface area contributed by atoms with Crippen LogP contribution in [0.25, 0.3) is 0 Å². The number of anilines is 2. The van der Waals surface area contributed by atoms with Gasteiger partial charge in [-0.05, 0) is 56.5 Å². The van der Waals surface area contributed by atoms with E-state index in [2.05, 4.69) is 5.32 Å². The summed E-state index contributed by atoms with van der Waals surface area (Å²) >= 11 is 6.07. The Bertz CT molecular complexity index is 932. The number of nitrogens with one attached hydrogen (secondary N) is 1. The van der Waals surface area contributed by atoms with Crippen molar-refractivity contribution in [2.75, 3.05) is 22.4 Å². The van der Waals surface area contributed by atoms with Crippen LogP contribution < -0.4 is 9.62 Å². The molecule has 0 radical (unpaired) electrons. The molecule has 1 N–H and O–H groups in total. The summed E-state index contributed by atoms with van der Waals surface area (Å²) in [5.74, 6) is -0.430. The predicted molar refractivity (Wildman–Crippen MR) is 108 cm³/mol. The lowest BCUT2D eigenvalue weighted by molar-refractivity contribution is -0.114. The van der Waals surface area contributed by atoms with E-state index in [0.717, 1.165) is 32.8 Å². The van der Waals surface area contributed by atoms with Crippen molar-refractivity contribution in [3.8, 4) is 0 Å². The molecule has 26 heavy (non-hydrogen) atoms. The van der Waals surface area contributed by atoms with Crippen LogP contribution in [0, 0.1) is 27.7 Å². The summed E-state index contributed by atoms with van der Waals surface area (Å²) < 4.78 is 25.9. The van der Waals surface area contributed by atoms with E-state index in [4.69, 9.17) is 11.6 Å². The van der Waals surface area contributed by atoms with Crippen LogP contribution in [0.15, 0.2) is 30.3 Å². The molecule has 0 aliphatic heterocycles. The molecule has 0 saturated carbocycles. The summed E-state index contributed by atoms with van der Waals surface area (Å²) in [6.45, 7) is 7.11. The van der Waals surface area contributed by atoms with Gasteiger partial charge in [0.1, 0.15) is 6.54 Å². The van der Waals surface area contributed by atoms with Gasteiger partial charge in [0.2, 0.25) is 15.9 Å². The minimum atomic E-state index is -3.64. The van der Waals surface area contributed by atoms with Crippen LogP contribution in [-0.2, 0) is 14.8 Å². The van der Waals surface area contributed by atoms with E-state index in [9.17, 15) is 13.2 Å². The van der Waals surface area contributed by atoms with Crippen LogP contribution >= 0.6 is 11.6 Å². The molecule has 0 spiro atoms. The first-order valence-corrected chi connectivity index (χ1v) is 10.3. The lowest BCUT2D eigenvalue weighted by atomic mass is 10.1. The molecule has 0 aliphatic rings. The normalized spacial score (nSPS) is 11.3. The van der Waals surface area contributed by atoms with E-state index in [0.29, 0.717) is 16.4 Å². The van der Waals surface area contributed by atoms with Crippen molar-refractivity contribution < 1.29 is 13.2 Å². The van der Waals surface area contributed by atoms with Crippen LogP contribution in [0.4, 0.5) is 11.4 Å². The number of carbonyl (C=O) groups excluding carboxylic acids is 1. The number of rotatable bonds is 5. The van der Waals surface area contributed by atoms with Crippen molar-refractivity contribution in [2.45, 2.75) is 27.7 Å². The van der Waals surface area contributed by atoms with Crippen LogP contribution in [-0.4, -0.2) is 27.1 Å². The molecule has 0 atom stereocenters. The summed E-state index contributed by atoms with van der Waals surface area (Å²) in [7, 11) is -3.64. The molecule has 0 aromatic heterocycles. The van der Waals surface area contributed by atoms with E-state index in [-0.39, 0.29) is 6.54 Å². The van der Waals surface area contributed by atoms with E-state index < -0.39 is 15.9 Å². The van der Waals surface area contributed by atoms with E-state index in [1.807, 2.05) is 32.9 Å². The van der Waals surface area contributed by atoms with Crippen LogP contribution in [0.1, 0.15) is 22.3 Å². The first-order chi connectivity index (χ1) is 12.0. The SMILES string of the molecule is Cc1cc(C)c(N(CC(=O)Nc2cccc(Cl)c2C)S(C)(=O)=O)c(C)c1. The summed E-state index contributed by atoms with van der Waals surface area (Å²) in [5.41, 5.74) is 4.48. The molecule has 0 saturated heterocycles. The minimum Gasteiger partial charge on any atom is -0.324 e. The third-order valence-electron chi connectivity index (χ3n) is 4.11. The monoisotopic (exact) mass is 394 g/mol. The Balaban J connectivity index is 2.36. The lowest BCUT2D eigenvalue weighted by Gasteiger charge is -2.26. The molecule has 2 rings (SSSR count). The van der Waals surface area contributed by atoms with E-state index in [1.165, 1.54) is 0 Å². The molecule has 1 amide bonds. The second kappa shape index (κ2) is 7.68. The molecule has 0 unspecified atom stereocenters. The van der Waals surface area contributed by atoms with Gasteiger partial charge in [0, 0.05) is 10.7 Å². The van der Waals surface area contributed by atoms with Gasteiger partial charge in [0.15, 0.2) is 0 Å². The standard InChI is InChI=1S/C19H23ClN2O3S/c1-12-9-13(2)19(14(3)10-12)22(26(5,24)25)11-18(23)21-17-8-6-7-16(20)15(17)4/h6-10H,11H2,1-5H3,(H,21,23). The highest BCUT2D eigenvalue weighted by atomic mass is 35.5. The van der Waals surface area contributed by atoms with Gasteiger partial charge < -0.3 is 5.32 Å². The zero-order valence-electron chi connectivity index (χ0n) is 15.6. The molecular formula is C19H23ClN2O3S. The summed E-state index contributed by atoms with van der Waals surface area (Å²) in [5, 5.41) is 3.28. The fraction of sp³-hybridized carbons (Fsp3) is 0.316. The number of hydrogen-bond donors (Lipinski definition) is 1. The molecule has 7 heteroatoms. The van der Waals surface area contributed by atoms with Gasteiger partial charge in [-0.25, -0.2) is 8.42 Å². The van der Waals surface area contributed by atoms with Crippen molar-refractivity contribution in [1.82, 2.24) is 0 Å². The highest BCUT2D eigenvalue weighted by molar-refractivity contribution is 7.92. The fourth-order valence-electron chi connectivity index (χ4n) is 2.99. The number of halogens is 1. The molecule has 0 bridgehead atoms. The number of carbonyl (C=O) groups is 1. The number of hydrogen-bond acceptors (Lipinski definition) is 3. The quantitative estimate of drug-likeness (QED) is 0.834. The highest BCUT2D eigenvalue weighted by Gasteiger charge is 2.24. The maximum absolute atomic E-state index is 12.5. The largest absolute Gasteiger partial charge is 0.324 e. The first kappa shape index (κ1) is 20.3. The van der Waals surface area contributed by atoms with Crippen molar-refractivity contribution in [1.29, 1.82) is 0 Å². The Morgan fingerprint density at radius 3 is 2.23 bits per heavy atom. The molecule has 0 heterocycles. The maximum atomic E-state index is 12.5.